The van der Waals surface area contributed by atoms with E-state index in [2.05, 4.69) is 25.2 Å². The number of pyridine rings is 1. The number of amides is 1. The van der Waals surface area contributed by atoms with Crippen molar-refractivity contribution in [1.29, 1.82) is 0 Å². The molecule has 1 saturated heterocycles. The molecule has 3 heterocycles. The number of rotatable bonds is 5. The van der Waals surface area contributed by atoms with Crippen molar-refractivity contribution in [2.45, 2.75) is 31.6 Å². The Labute approximate surface area is 157 Å². The van der Waals surface area contributed by atoms with Gasteiger partial charge >= 0.3 is 0 Å². The van der Waals surface area contributed by atoms with Crippen LogP contribution in [0, 0.1) is 5.92 Å². The molecule has 8 heteroatoms. The Bertz CT molecular complexity index is 831. The maximum absolute atomic E-state index is 12.7. The maximum Gasteiger partial charge on any atom is 0.261 e. The molecule has 0 unspecified atom stereocenters. The molecular weight excluding hydrogens is 344 g/mol. The molecule has 1 amide bonds. The van der Waals surface area contributed by atoms with E-state index >= 15 is 0 Å². The van der Waals surface area contributed by atoms with Gasteiger partial charge in [0.2, 0.25) is 0 Å². The maximum atomic E-state index is 12.7. The standard InChI is InChI=1S/C19H24N6O2/c20-16-14(10-22-17(24-16)13-3-4-13)19(27)23-15-2-1-7-21-18(15)25-8-5-12(11-26)6-9-25/h1-2,7,10,12-13,26H,3-6,8-9,11H2,(H,23,27)(H2,20,22,24). The van der Waals surface area contributed by atoms with E-state index in [1.54, 1.807) is 12.3 Å². The second-order valence-corrected chi connectivity index (χ2v) is 7.24. The van der Waals surface area contributed by atoms with E-state index in [9.17, 15) is 9.90 Å². The van der Waals surface area contributed by atoms with Gasteiger partial charge < -0.3 is 21.1 Å². The van der Waals surface area contributed by atoms with Crippen molar-refractivity contribution >= 4 is 23.2 Å². The monoisotopic (exact) mass is 368 g/mol. The highest BCUT2D eigenvalue weighted by Gasteiger charge is 2.28. The van der Waals surface area contributed by atoms with E-state index in [4.69, 9.17) is 5.73 Å². The van der Waals surface area contributed by atoms with Crippen LogP contribution in [0.3, 0.4) is 0 Å². The molecule has 0 bridgehead atoms. The number of hydrogen-bond donors (Lipinski definition) is 3. The molecule has 4 N–H and O–H groups in total. The molecule has 2 fully saturated rings. The van der Waals surface area contributed by atoms with Crippen LogP contribution in [0.2, 0.25) is 0 Å². The molecule has 0 radical (unpaired) electrons. The number of aliphatic hydroxyl groups excluding tert-OH is 1. The third-order valence-electron chi connectivity index (χ3n) is 5.23. The summed E-state index contributed by atoms with van der Waals surface area (Å²) in [5, 5.41) is 12.2. The van der Waals surface area contributed by atoms with Crippen LogP contribution in [0.4, 0.5) is 17.3 Å². The number of carbonyl (C=O) groups is 1. The molecule has 142 valence electrons. The summed E-state index contributed by atoms with van der Waals surface area (Å²) < 4.78 is 0. The zero-order chi connectivity index (χ0) is 18.8. The van der Waals surface area contributed by atoms with E-state index in [1.165, 1.54) is 6.20 Å². The minimum Gasteiger partial charge on any atom is -0.396 e. The summed E-state index contributed by atoms with van der Waals surface area (Å²) in [4.78, 5) is 27.9. The normalized spacial score (nSPS) is 17.7. The first-order valence-corrected chi connectivity index (χ1v) is 9.40. The SMILES string of the molecule is Nc1nc(C2CC2)ncc1C(=O)Nc1cccnc1N1CCC(CO)CC1. The molecular formula is C19H24N6O2. The van der Waals surface area contributed by atoms with Gasteiger partial charge in [0.05, 0.1) is 5.69 Å². The Kier molecular flexibility index (Phi) is 4.89. The average molecular weight is 368 g/mol. The summed E-state index contributed by atoms with van der Waals surface area (Å²) in [6.07, 6.45) is 7.20. The fraction of sp³-hybridized carbons (Fsp3) is 0.474. The van der Waals surface area contributed by atoms with Crippen molar-refractivity contribution in [3.05, 3.63) is 35.9 Å². The van der Waals surface area contributed by atoms with Crippen LogP contribution >= 0.6 is 0 Å². The lowest BCUT2D eigenvalue weighted by atomic mass is 9.98. The van der Waals surface area contributed by atoms with Crippen LogP contribution in [0.5, 0.6) is 0 Å². The Hall–Kier alpha value is -2.74. The second-order valence-electron chi connectivity index (χ2n) is 7.24. The highest BCUT2D eigenvalue weighted by molar-refractivity contribution is 6.08. The molecule has 2 aromatic rings. The Morgan fingerprint density at radius 1 is 1.26 bits per heavy atom. The van der Waals surface area contributed by atoms with Gasteiger partial charge in [0.1, 0.15) is 17.2 Å². The van der Waals surface area contributed by atoms with Crippen molar-refractivity contribution in [2.75, 3.05) is 35.6 Å². The number of aliphatic hydroxyl groups is 1. The van der Waals surface area contributed by atoms with Crippen LogP contribution < -0.4 is 16.0 Å². The Morgan fingerprint density at radius 2 is 2.04 bits per heavy atom. The van der Waals surface area contributed by atoms with Crippen LogP contribution in [0.15, 0.2) is 24.5 Å². The first kappa shape index (κ1) is 17.7. The van der Waals surface area contributed by atoms with E-state index in [0.29, 0.717) is 17.5 Å². The lowest BCUT2D eigenvalue weighted by Gasteiger charge is -2.33. The Balaban J connectivity index is 1.50. The number of hydrogen-bond acceptors (Lipinski definition) is 7. The van der Waals surface area contributed by atoms with Crippen molar-refractivity contribution in [3.8, 4) is 0 Å². The summed E-state index contributed by atoms with van der Waals surface area (Å²) in [5.74, 6) is 2.04. The Morgan fingerprint density at radius 3 is 2.70 bits per heavy atom. The van der Waals surface area contributed by atoms with Crippen molar-refractivity contribution in [3.63, 3.8) is 0 Å². The predicted octanol–water partition coefficient (Wildman–Crippen LogP) is 1.79. The van der Waals surface area contributed by atoms with E-state index in [1.807, 2.05) is 6.07 Å². The minimum atomic E-state index is -0.339. The van der Waals surface area contributed by atoms with Gasteiger partial charge in [-0.15, -0.1) is 0 Å². The van der Waals surface area contributed by atoms with E-state index < -0.39 is 0 Å². The van der Waals surface area contributed by atoms with Gasteiger partial charge in [0, 0.05) is 38.0 Å². The number of carbonyl (C=O) groups excluding carboxylic acids is 1. The van der Waals surface area contributed by atoms with Gasteiger partial charge in [0.15, 0.2) is 5.82 Å². The largest absolute Gasteiger partial charge is 0.396 e. The summed E-state index contributed by atoms with van der Waals surface area (Å²) in [6, 6.07) is 3.61. The molecule has 1 saturated carbocycles. The van der Waals surface area contributed by atoms with Gasteiger partial charge in [-0.05, 0) is 43.7 Å². The summed E-state index contributed by atoms with van der Waals surface area (Å²) in [7, 11) is 0. The molecule has 4 rings (SSSR count). The smallest absolute Gasteiger partial charge is 0.261 e. The third kappa shape index (κ3) is 3.85. The number of nitrogens with one attached hydrogen (secondary N) is 1. The van der Waals surface area contributed by atoms with E-state index in [0.717, 1.165) is 50.4 Å². The summed E-state index contributed by atoms with van der Waals surface area (Å²) in [5.41, 5.74) is 6.90. The number of piperidine rings is 1. The number of nitrogens with zero attached hydrogens (tertiary/aromatic N) is 4. The highest BCUT2D eigenvalue weighted by Crippen LogP contribution is 2.38. The first-order chi connectivity index (χ1) is 13.2. The number of nitrogen functional groups attached to an aromatic ring is 1. The lowest BCUT2D eigenvalue weighted by Crippen LogP contribution is -2.36. The van der Waals surface area contributed by atoms with Crippen molar-refractivity contribution in [1.82, 2.24) is 15.0 Å². The van der Waals surface area contributed by atoms with Crippen LogP contribution in [0.1, 0.15) is 47.8 Å². The molecule has 8 nitrogen and oxygen atoms in total. The third-order valence-corrected chi connectivity index (χ3v) is 5.23. The molecule has 1 aliphatic heterocycles. The average Bonchev–Trinajstić information content (AvgIpc) is 3.54. The summed E-state index contributed by atoms with van der Waals surface area (Å²) in [6.45, 7) is 1.81. The number of nitrogens with two attached hydrogens (primary N) is 1. The zero-order valence-corrected chi connectivity index (χ0v) is 15.1. The van der Waals surface area contributed by atoms with Crippen LogP contribution in [0.25, 0.3) is 0 Å². The van der Waals surface area contributed by atoms with Gasteiger partial charge in [-0.25, -0.2) is 15.0 Å². The summed E-state index contributed by atoms with van der Waals surface area (Å²) >= 11 is 0. The van der Waals surface area contributed by atoms with E-state index in [-0.39, 0.29) is 23.9 Å². The molecule has 0 atom stereocenters. The fourth-order valence-electron chi connectivity index (χ4n) is 3.39. The number of aromatic nitrogens is 3. The molecule has 2 aromatic heterocycles. The fourth-order valence-corrected chi connectivity index (χ4v) is 3.39. The number of anilines is 3. The quantitative estimate of drug-likeness (QED) is 0.736. The van der Waals surface area contributed by atoms with Gasteiger partial charge in [-0.2, -0.15) is 0 Å². The minimum absolute atomic E-state index is 0.207. The zero-order valence-electron chi connectivity index (χ0n) is 15.1. The predicted molar refractivity (Wildman–Crippen MR) is 103 cm³/mol. The molecule has 0 spiro atoms. The van der Waals surface area contributed by atoms with Gasteiger partial charge in [0.25, 0.3) is 5.91 Å². The molecule has 1 aliphatic carbocycles. The first-order valence-electron chi connectivity index (χ1n) is 9.40. The van der Waals surface area contributed by atoms with Crippen molar-refractivity contribution in [2.24, 2.45) is 5.92 Å². The highest BCUT2D eigenvalue weighted by atomic mass is 16.3. The molecule has 0 aromatic carbocycles. The van der Waals surface area contributed by atoms with Crippen LogP contribution in [-0.4, -0.2) is 45.7 Å². The van der Waals surface area contributed by atoms with Crippen LogP contribution in [-0.2, 0) is 0 Å². The topological polar surface area (TPSA) is 117 Å². The van der Waals surface area contributed by atoms with Gasteiger partial charge in [-0.3, -0.25) is 4.79 Å². The molecule has 2 aliphatic rings. The van der Waals surface area contributed by atoms with Gasteiger partial charge in [-0.1, -0.05) is 0 Å². The lowest BCUT2D eigenvalue weighted by molar-refractivity contribution is 0.102. The molecule has 27 heavy (non-hydrogen) atoms. The second kappa shape index (κ2) is 7.48. The van der Waals surface area contributed by atoms with Crippen molar-refractivity contribution < 1.29 is 9.90 Å².